The van der Waals surface area contributed by atoms with E-state index in [0.717, 1.165) is 0 Å². The molecule has 0 heterocycles. The average molecular weight is 366 g/mol. The molecule has 0 unspecified atom stereocenters. The minimum absolute atomic E-state index is 0.332. The number of hydrogen-bond acceptors (Lipinski definition) is 2. The van der Waals surface area contributed by atoms with Crippen LogP contribution in [0.5, 0.6) is 0 Å². The summed E-state index contributed by atoms with van der Waals surface area (Å²) in [6.07, 6.45) is -2.33. The van der Waals surface area contributed by atoms with Crippen LogP contribution in [0.25, 0.3) is 6.08 Å². The van der Waals surface area contributed by atoms with Gasteiger partial charge in [-0.3, -0.25) is 9.59 Å². The zero-order valence-electron chi connectivity index (χ0n) is 13.3. The monoisotopic (exact) mass is 366 g/mol. The summed E-state index contributed by atoms with van der Waals surface area (Å²) in [6, 6.07) is 11.7. The maximum atomic E-state index is 13.1. The molecule has 0 bridgehead atoms. The Morgan fingerprint density at radius 3 is 2.46 bits per heavy atom. The van der Waals surface area contributed by atoms with Crippen LogP contribution in [0.2, 0.25) is 0 Å². The number of hydrogen-bond donors (Lipinski definition) is 2. The highest BCUT2D eigenvalue weighted by Gasteiger charge is 2.38. The van der Waals surface area contributed by atoms with Crippen molar-refractivity contribution in [2.45, 2.75) is 12.7 Å². The van der Waals surface area contributed by atoms with Gasteiger partial charge in [0.1, 0.15) is 5.82 Å². The highest BCUT2D eigenvalue weighted by Crippen LogP contribution is 2.15. The van der Waals surface area contributed by atoms with E-state index in [1.54, 1.807) is 17.4 Å². The molecular weight excluding hydrogens is 352 g/mol. The Bertz CT molecular complexity index is 832. The van der Waals surface area contributed by atoms with Gasteiger partial charge in [-0.05, 0) is 41.5 Å². The fourth-order valence-electron chi connectivity index (χ4n) is 2.01. The first-order chi connectivity index (χ1) is 12.2. The minimum atomic E-state index is -4.95. The topological polar surface area (TPSA) is 58.2 Å². The van der Waals surface area contributed by atoms with Crippen molar-refractivity contribution in [3.8, 4) is 0 Å². The SMILES string of the molecule is O=C(/C=C/c1cccc(F)c1)Nc1cccc(CNC(=O)C(F)(F)F)c1. The Kier molecular flexibility index (Phi) is 6.11. The predicted octanol–water partition coefficient (Wildman–Crippen LogP) is 3.66. The molecule has 0 saturated carbocycles. The van der Waals surface area contributed by atoms with Gasteiger partial charge in [0.25, 0.3) is 0 Å². The molecule has 0 fully saturated rings. The maximum absolute atomic E-state index is 13.1. The summed E-state index contributed by atoms with van der Waals surface area (Å²) in [5.74, 6) is -2.96. The molecule has 2 aromatic carbocycles. The molecule has 2 aromatic rings. The molecule has 0 aromatic heterocycles. The molecule has 4 nitrogen and oxygen atoms in total. The molecule has 2 N–H and O–H groups in total. The number of halogens is 4. The van der Waals surface area contributed by atoms with Crippen molar-refractivity contribution in [3.63, 3.8) is 0 Å². The van der Waals surface area contributed by atoms with Crippen LogP contribution >= 0.6 is 0 Å². The van der Waals surface area contributed by atoms with Crippen molar-refractivity contribution in [2.24, 2.45) is 0 Å². The van der Waals surface area contributed by atoms with E-state index >= 15 is 0 Å². The third kappa shape index (κ3) is 6.04. The second-order valence-electron chi connectivity index (χ2n) is 5.26. The zero-order chi connectivity index (χ0) is 19.2. The van der Waals surface area contributed by atoms with Crippen LogP contribution in [0, 0.1) is 5.82 Å². The second kappa shape index (κ2) is 8.28. The van der Waals surface area contributed by atoms with E-state index in [0.29, 0.717) is 16.8 Å². The average Bonchev–Trinajstić information content (AvgIpc) is 2.57. The molecule has 26 heavy (non-hydrogen) atoms. The lowest BCUT2D eigenvalue weighted by Crippen LogP contribution is -2.36. The van der Waals surface area contributed by atoms with Gasteiger partial charge in [-0.2, -0.15) is 13.2 Å². The Morgan fingerprint density at radius 1 is 1.04 bits per heavy atom. The summed E-state index contributed by atoms with van der Waals surface area (Å²) >= 11 is 0. The van der Waals surface area contributed by atoms with Crippen LogP contribution in [-0.4, -0.2) is 18.0 Å². The van der Waals surface area contributed by atoms with Gasteiger partial charge in [-0.1, -0.05) is 24.3 Å². The fraction of sp³-hybridized carbons (Fsp3) is 0.111. The Morgan fingerprint density at radius 2 is 1.77 bits per heavy atom. The van der Waals surface area contributed by atoms with Crippen molar-refractivity contribution in [1.82, 2.24) is 5.32 Å². The first-order valence-corrected chi connectivity index (χ1v) is 7.42. The molecule has 136 valence electrons. The van der Waals surface area contributed by atoms with E-state index in [1.807, 2.05) is 0 Å². The molecule has 2 amide bonds. The van der Waals surface area contributed by atoms with Crippen LogP contribution in [-0.2, 0) is 16.1 Å². The predicted molar refractivity (Wildman–Crippen MR) is 88.4 cm³/mol. The summed E-state index contributed by atoms with van der Waals surface area (Å²) in [4.78, 5) is 22.7. The van der Waals surface area contributed by atoms with Crippen molar-refractivity contribution in [2.75, 3.05) is 5.32 Å². The molecule has 2 rings (SSSR count). The van der Waals surface area contributed by atoms with Gasteiger partial charge in [-0.25, -0.2) is 4.39 Å². The molecule has 0 saturated heterocycles. The van der Waals surface area contributed by atoms with Gasteiger partial charge in [0.05, 0.1) is 0 Å². The Labute approximate surface area is 146 Å². The summed E-state index contributed by atoms with van der Waals surface area (Å²) in [6.45, 7) is -0.332. The highest BCUT2D eigenvalue weighted by molar-refractivity contribution is 6.01. The Balaban J connectivity index is 1.95. The quantitative estimate of drug-likeness (QED) is 0.627. The van der Waals surface area contributed by atoms with Crippen LogP contribution in [0.3, 0.4) is 0 Å². The van der Waals surface area contributed by atoms with Gasteiger partial charge < -0.3 is 10.6 Å². The van der Waals surface area contributed by atoms with Crippen molar-refractivity contribution in [1.29, 1.82) is 0 Å². The molecule has 0 atom stereocenters. The number of nitrogens with one attached hydrogen (secondary N) is 2. The molecular formula is C18H14F4N2O2. The van der Waals surface area contributed by atoms with Gasteiger partial charge in [0.15, 0.2) is 0 Å². The van der Waals surface area contributed by atoms with E-state index in [4.69, 9.17) is 0 Å². The molecule has 0 aliphatic heterocycles. The van der Waals surface area contributed by atoms with Gasteiger partial charge in [0.2, 0.25) is 5.91 Å². The van der Waals surface area contributed by atoms with Crippen molar-refractivity contribution < 1.29 is 27.2 Å². The second-order valence-corrected chi connectivity index (χ2v) is 5.26. The smallest absolute Gasteiger partial charge is 0.344 e. The van der Waals surface area contributed by atoms with Crippen LogP contribution < -0.4 is 10.6 Å². The molecule has 8 heteroatoms. The van der Waals surface area contributed by atoms with Crippen LogP contribution in [0.4, 0.5) is 23.2 Å². The number of carbonyl (C=O) groups excluding carboxylic acids is 2. The largest absolute Gasteiger partial charge is 0.471 e. The van der Waals surface area contributed by atoms with Gasteiger partial charge >= 0.3 is 12.1 Å². The maximum Gasteiger partial charge on any atom is 0.471 e. The summed E-state index contributed by atoms with van der Waals surface area (Å²) in [5.41, 5.74) is 1.23. The summed E-state index contributed by atoms with van der Waals surface area (Å²) < 4.78 is 49.5. The number of anilines is 1. The minimum Gasteiger partial charge on any atom is -0.344 e. The van der Waals surface area contributed by atoms with E-state index in [2.05, 4.69) is 5.32 Å². The third-order valence-electron chi connectivity index (χ3n) is 3.18. The molecule has 0 spiro atoms. The lowest BCUT2D eigenvalue weighted by atomic mass is 10.2. The lowest BCUT2D eigenvalue weighted by molar-refractivity contribution is -0.173. The number of amides is 2. The van der Waals surface area contributed by atoms with Crippen LogP contribution in [0.15, 0.2) is 54.6 Å². The van der Waals surface area contributed by atoms with Crippen LogP contribution in [0.1, 0.15) is 11.1 Å². The first-order valence-electron chi connectivity index (χ1n) is 7.42. The molecule has 0 aliphatic carbocycles. The highest BCUT2D eigenvalue weighted by atomic mass is 19.4. The van der Waals surface area contributed by atoms with Crippen molar-refractivity contribution in [3.05, 3.63) is 71.6 Å². The summed E-state index contributed by atoms with van der Waals surface area (Å²) in [5, 5.41) is 4.28. The number of carbonyl (C=O) groups is 2. The lowest BCUT2D eigenvalue weighted by Gasteiger charge is -2.09. The van der Waals surface area contributed by atoms with Crippen molar-refractivity contribution >= 4 is 23.6 Å². The van der Waals surface area contributed by atoms with E-state index < -0.39 is 23.8 Å². The molecule has 0 radical (unpaired) electrons. The number of alkyl halides is 3. The van der Waals surface area contributed by atoms with E-state index in [-0.39, 0.29) is 6.54 Å². The molecule has 0 aliphatic rings. The van der Waals surface area contributed by atoms with E-state index in [9.17, 15) is 27.2 Å². The third-order valence-corrected chi connectivity index (χ3v) is 3.18. The fourth-order valence-corrected chi connectivity index (χ4v) is 2.01. The zero-order valence-corrected chi connectivity index (χ0v) is 13.3. The first kappa shape index (κ1) is 19.2. The van der Waals surface area contributed by atoms with E-state index in [1.165, 1.54) is 48.6 Å². The van der Waals surface area contributed by atoms with Gasteiger partial charge in [0, 0.05) is 18.3 Å². The Hall–Kier alpha value is -3.16. The normalized spacial score (nSPS) is 11.4. The van der Waals surface area contributed by atoms with Gasteiger partial charge in [-0.15, -0.1) is 0 Å². The number of rotatable bonds is 5. The summed E-state index contributed by atoms with van der Waals surface area (Å²) in [7, 11) is 0. The number of benzene rings is 2. The standard InChI is InChI=1S/C18H14F4N2O2/c19-14-5-1-3-12(9-14)7-8-16(25)24-15-6-2-4-13(10-15)11-23-17(26)18(20,21)22/h1-10H,11H2,(H,23,26)(H,24,25)/b8-7+.